The van der Waals surface area contributed by atoms with Crippen LogP contribution in [0, 0.1) is 0 Å². The van der Waals surface area contributed by atoms with Crippen LogP contribution in [-0.4, -0.2) is 26.8 Å². The molecule has 0 aliphatic carbocycles. The summed E-state index contributed by atoms with van der Waals surface area (Å²) in [5.74, 6) is 0. The standard InChI is InChI=1S/C11H15Br2NO/c1-14-5-7-15-6-4-9-8-10(12)2-3-11(9)13/h2-3,8,14H,4-7H2,1H3. The molecule has 0 saturated heterocycles. The minimum atomic E-state index is 0.761. The fraction of sp³-hybridized carbons (Fsp3) is 0.455. The van der Waals surface area contributed by atoms with Crippen LogP contribution in [0.25, 0.3) is 0 Å². The van der Waals surface area contributed by atoms with Gasteiger partial charge in [-0.3, -0.25) is 0 Å². The molecule has 0 atom stereocenters. The molecule has 84 valence electrons. The van der Waals surface area contributed by atoms with Gasteiger partial charge < -0.3 is 10.1 Å². The lowest BCUT2D eigenvalue weighted by molar-refractivity contribution is 0.140. The molecule has 0 unspecified atom stereocenters. The van der Waals surface area contributed by atoms with Gasteiger partial charge in [0, 0.05) is 15.5 Å². The van der Waals surface area contributed by atoms with Crippen LogP contribution in [-0.2, 0) is 11.2 Å². The van der Waals surface area contributed by atoms with Gasteiger partial charge in [0.05, 0.1) is 13.2 Å². The van der Waals surface area contributed by atoms with Crippen molar-refractivity contribution in [2.45, 2.75) is 6.42 Å². The summed E-state index contributed by atoms with van der Waals surface area (Å²) in [7, 11) is 1.92. The van der Waals surface area contributed by atoms with Crippen molar-refractivity contribution in [1.82, 2.24) is 5.32 Å². The Hall–Kier alpha value is 0.1000. The quantitative estimate of drug-likeness (QED) is 0.806. The third-order valence-corrected chi connectivity index (χ3v) is 3.29. The molecule has 0 aliphatic heterocycles. The number of rotatable bonds is 6. The second-order valence-electron chi connectivity index (χ2n) is 3.20. The number of halogens is 2. The Morgan fingerprint density at radius 3 is 2.80 bits per heavy atom. The van der Waals surface area contributed by atoms with E-state index < -0.39 is 0 Å². The largest absolute Gasteiger partial charge is 0.380 e. The van der Waals surface area contributed by atoms with Crippen molar-refractivity contribution in [2.75, 3.05) is 26.8 Å². The van der Waals surface area contributed by atoms with Gasteiger partial charge in [0.25, 0.3) is 0 Å². The summed E-state index contributed by atoms with van der Waals surface area (Å²) in [6.07, 6.45) is 0.934. The number of benzene rings is 1. The van der Waals surface area contributed by atoms with Gasteiger partial charge in [0.15, 0.2) is 0 Å². The zero-order valence-corrected chi connectivity index (χ0v) is 11.9. The first-order chi connectivity index (χ1) is 7.24. The Kier molecular flexibility index (Phi) is 6.48. The molecule has 0 aromatic heterocycles. The van der Waals surface area contributed by atoms with E-state index in [2.05, 4.69) is 43.2 Å². The van der Waals surface area contributed by atoms with E-state index in [0.717, 1.165) is 35.1 Å². The van der Waals surface area contributed by atoms with E-state index in [9.17, 15) is 0 Å². The highest BCUT2D eigenvalue weighted by atomic mass is 79.9. The lowest BCUT2D eigenvalue weighted by atomic mass is 10.2. The van der Waals surface area contributed by atoms with Gasteiger partial charge in [-0.05, 0) is 37.2 Å². The number of nitrogens with one attached hydrogen (secondary N) is 1. The van der Waals surface area contributed by atoms with E-state index in [1.807, 2.05) is 19.2 Å². The van der Waals surface area contributed by atoms with E-state index in [1.54, 1.807) is 0 Å². The smallest absolute Gasteiger partial charge is 0.0590 e. The van der Waals surface area contributed by atoms with Crippen molar-refractivity contribution in [3.8, 4) is 0 Å². The van der Waals surface area contributed by atoms with Crippen molar-refractivity contribution in [2.24, 2.45) is 0 Å². The SMILES string of the molecule is CNCCOCCc1cc(Br)ccc1Br. The van der Waals surface area contributed by atoms with Crippen molar-refractivity contribution in [3.05, 3.63) is 32.7 Å². The molecular weight excluding hydrogens is 322 g/mol. The molecule has 0 radical (unpaired) electrons. The summed E-state index contributed by atoms with van der Waals surface area (Å²) in [4.78, 5) is 0. The molecule has 0 bridgehead atoms. The van der Waals surface area contributed by atoms with E-state index in [4.69, 9.17) is 4.74 Å². The van der Waals surface area contributed by atoms with Crippen molar-refractivity contribution < 1.29 is 4.74 Å². The van der Waals surface area contributed by atoms with Crippen molar-refractivity contribution in [1.29, 1.82) is 0 Å². The van der Waals surface area contributed by atoms with E-state index in [-0.39, 0.29) is 0 Å². The fourth-order valence-electron chi connectivity index (χ4n) is 1.19. The summed E-state index contributed by atoms with van der Waals surface area (Å²) in [5, 5.41) is 3.05. The highest BCUT2D eigenvalue weighted by Crippen LogP contribution is 2.21. The fourth-order valence-corrected chi connectivity index (χ4v) is 2.05. The highest BCUT2D eigenvalue weighted by Gasteiger charge is 2.00. The molecule has 0 aliphatic rings. The maximum Gasteiger partial charge on any atom is 0.0590 e. The molecule has 1 aromatic rings. The van der Waals surface area contributed by atoms with E-state index >= 15 is 0 Å². The third kappa shape index (κ3) is 5.11. The molecule has 0 spiro atoms. The average molecular weight is 337 g/mol. The van der Waals surface area contributed by atoms with Crippen molar-refractivity contribution >= 4 is 31.9 Å². The summed E-state index contributed by atoms with van der Waals surface area (Å²) >= 11 is 6.98. The Bertz CT molecular complexity index is 305. The maximum absolute atomic E-state index is 5.47. The summed E-state index contributed by atoms with van der Waals surface area (Å²) < 4.78 is 7.72. The second-order valence-corrected chi connectivity index (χ2v) is 4.97. The Labute approximate surface area is 108 Å². The molecule has 0 fully saturated rings. The predicted octanol–water partition coefficient (Wildman–Crippen LogP) is 2.99. The van der Waals surface area contributed by atoms with Gasteiger partial charge in [-0.15, -0.1) is 0 Å². The van der Waals surface area contributed by atoms with Gasteiger partial charge in [0.2, 0.25) is 0 Å². The molecular formula is C11H15Br2NO. The van der Waals surface area contributed by atoms with Crippen LogP contribution >= 0.6 is 31.9 Å². The van der Waals surface area contributed by atoms with Crippen LogP contribution < -0.4 is 5.32 Å². The molecule has 0 heterocycles. The second kappa shape index (κ2) is 7.39. The molecule has 1 rings (SSSR count). The minimum absolute atomic E-state index is 0.761. The Morgan fingerprint density at radius 1 is 1.27 bits per heavy atom. The molecule has 1 aromatic carbocycles. The predicted molar refractivity (Wildman–Crippen MR) is 70.3 cm³/mol. The Balaban J connectivity index is 2.33. The van der Waals surface area contributed by atoms with E-state index in [0.29, 0.717) is 0 Å². The molecule has 15 heavy (non-hydrogen) atoms. The molecule has 0 amide bonds. The molecule has 1 N–H and O–H groups in total. The first-order valence-electron chi connectivity index (χ1n) is 4.90. The van der Waals surface area contributed by atoms with Crippen molar-refractivity contribution in [3.63, 3.8) is 0 Å². The number of hydrogen-bond donors (Lipinski definition) is 1. The molecule has 4 heteroatoms. The van der Waals surface area contributed by atoms with Crippen LogP contribution in [0.2, 0.25) is 0 Å². The summed E-state index contributed by atoms with van der Waals surface area (Å²) in [6.45, 7) is 2.43. The normalized spacial score (nSPS) is 10.6. The summed E-state index contributed by atoms with van der Waals surface area (Å²) in [5.41, 5.74) is 1.27. The van der Waals surface area contributed by atoms with Crippen LogP contribution in [0.15, 0.2) is 27.1 Å². The topological polar surface area (TPSA) is 21.3 Å². The minimum Gasteiger partial charge on any atom is -0.380 e. The van der Waals surface area contributed by atoms with Gasteiger partial charge >= 0.3 is 0 Å². The lowest BCUT2D eigenvalue weighted by Crippen LogP contribution is -2.15. The van der Waals surface area contributed by atoms with Gasteiger partial charge in [-0.2, -0.15) is 0 Å². The first-order valence-corrected chi connectivity index (χ1v) is 6.49. The van der Waals surface area contributed by atoms with Gasteiger partial charge in [-0.1, -0.05) is 31.9 Å². The van der Waals surface area contributed by atoms with Gasteiger partial charge in [-0.25, -0.2) is 0 Å². The van der Waals surface area contributed by atoms with Gasteiger partial charge in [0.1, 0.15) is 0 Å². The zero-order chi connectivity index (χ0) is 11.1. The number of ether oxygens (including phenoxy) is 1. The average Bonchev–Trinajstić information content (AvgIpc) is 2.23. The van der Waals surface area contributed by atoms with Crippen LogP contribution in [0.4, 0.5) is 0 Å². The highest BCUT2D eigenvalue weighted by molar-refractivity contribution is 9.11. The lowest BCUT2D eigenvalue weighted by Gasteiger charge is -2.06. The van der Waals surface area contributed by atoms with Crippen LogP contribution in [0.1, 0.15) is 5.56 Å². The third-order valence-electron chi connectivity index (χ3n) is 2.02. The molecule has 0 saturated carbocycles. The number of likely N-dealkylation sites (N-methyl/N-ethyl adjacent to an activating group) is 1. The first kappa shape index (κ1) is 13.2. The Morgan fingerprint density at radius 2 is 2.07 bits per heavy atom. The zero-order valence-electron chi connectivity index (χ0n) is 8.72. The number of hydrogen-bond acceptors (Lipinski definition) is 2. The monoisotopic (exact) mass is 335 g/mol. The summed E-state index contributed by atoms with van der Waals surface area (Å²) in [6, 6.07) is 6.19. The maximum atomic E-state index is 5.47. The van der Waals surface area contributed by atoms with Crippen LogP contribution in [0.3, 0.4) is 0 Å². The molecule has 2 nitrogen and oxygen atoms in total. The van der Waals surface area contributed by atoms with Crippen LogP contribution in [0.5, 0.6) is 0 Å². The van der Waals surface area contributed by atoms with E-state index in [1.165, 1.54) is 5.56 Å².